The summed E-state index contributed by atoms with van der Waals surface area (Å²) in [5.41, 5.74) is -0.123. The number of aryl methyl sites for hydroxylation is 1. The Morgan fingerprint density at radius 1 is 1.03 bits per heavy atom. The summed E-state index contributed by atoms with van der Waals surface area (Å²) < 4.78 is 39.1. The van der Waals surface area contributed by atoms with Crippen LogP contribution in [0.2, 0.25) is 0 Å². The minimum atomic E-state index is -4.54. The molecule has 160 valence electrons. The van der Waals surface area contributed by atoms with E-state index in [1.807, 2.05) is 17.0 Å². The average molecular weight is 420 g/mol. The van der Waals surface area contributed by atoms with Crippen LogP contribution < -0.4 is 5.32 Å². The molecule has 1 aromatic carbocycles. The number of carbonyl (C=O) groups excluding carboxylic acids is 2. The summed E-state index contributed by atoms with van der Waals surface area (Å²) >= 11 is 0. The zero-order valence-corrected chi connectivity index (χ0v) is 16.4. The number of alkyl halides is 3. The first-order chi connectivity index (χ1) is 14.3. The average Bonchev–Trinajstić information content (AvgIpc) is 2.73. The predicted molar refractivity (Wildman–Crippen MR) is 106 cm³/mol. The number of halogens is 3. The molecule has 1 aliphatic rings. The number of benzene rings is 1. The van der Waals surface area contributed by atoms with E-state index in [0.29, 0.717) is 39.0 Å². The molecule has 9 heteroatoms. The van der Waals surface area contributed by atoms with E-state index in [4.69, 9.17) is 0 Å². The Hall–Kier alpha value is -2.94. The molecule has 1 fully saturated rings. The number of rotatable bonds is 6. The highest BCUT2D eigenvalue weighted by Gasteiger charge is 2.33. The minimum absolute atomic E-state index is 0.0239. The van der Waals surface area contributed by atoms with Crippen molar-refractivity contribution in [3.05, 3.63) is 59.9 Å². The lowest BCUT2D eigenvalue weighted by Gasteiger charge is -2.34. The number of nitrogens with one attached hydrogen (secondary N) is 1. The second-order valence-electron chi connectivity index (χ2n) is 7.11. The Kier molecular flexibility index (Phi) is 7.04. The van der Waals surface area contributed by atoms with Crippen LogP contribution in [-0.2, 0) is 22.2 Å². The van der Waals surface area contributed by atoms with Crippen molar-refractivity contribution in [1.82, 2.24) is 14.8 Å². The monoisotopic (exact) mass is 420 g/mol. The van der Waals surface area contributed by atoms with Gasteiger partial charge in [-0.3, -0.25) is 19.5 Å². The first kappa shape index (κ1) is 21.8. The number of para-hydroxylation sites is 1. The lowest BCUT2D eigenvalue weighted by molar-refractivity contribution is -0.137. The third kappa shape index (κ3) is 6.03. The number of carbonyl (C=O) groups is 2. The molecular weight excluding hydrogens is 397 g/mol. The zero-order valence-electron chi connectivity index (χ0n) is 16.4. The largest absolute Gasteiger partial charge is 0.418 e. The summed E-state index contributed by atoms with van der Waals surface area (Å²) in [6.45, 7) is 1.93. The van der Waals surface area contributed by atoms with E-state index in [2.05, 4.69) is 10.3 Å². The molecule has 1 aliphatic heterocycles. The highest BCUT2D eigenvalue weighted by atomic mass is 19.4. The quantitative estimate of drug-likeness (QED) is 0.781. The van der Waals surface area contributed by atoms with E-state index in [1.165, 1.54) is 18.2 Å². The number of amides is 2. The molecule has 0 unspecified atom stereocenters. The van der Waals surface area contributed by atoms with E-state index < -0.39 is 17.6 Å². The van der Waals surface area contributed by atoms with Crippen LogP contribution >= 0.6 is 0 Å². The summed E-state index contributed by atoms with van der Waals surface area (Å²) in [6, 6.07) is 8.65. The topological polar surface area (TPSA) is 65.5 Å². The first-order valence-electron chi connectivity index (χ1n) is 9.68. The molecule has 2 amide bonds. The molecule has 2 heterocycles. The summed E-state index contributed by atoms with van der Waals surface area (Å²) in [5, 5.41) is 2.35. The molecule has 2 aromatic rings. The van der Waals surface area contributed by atoms with Crippen molar-refractivity contribution in [3.8, 4) is 0 Å². The fourth-order valence-electron chi connectivity index (χ4n) is 3.34. The zero-order chi connectivity index (χ0) is 21.6. The van der Waals surface area contributed by atoms with Gasteiger partial charge >= 0.3 is 6.18 Å². The molecule has 0 radical (unpaired) electrons. The molecule has 3 rings (SSSR count). The molecule has 1 N–H and O–H groups in total. The van der Waals surface area contributed by atoms with Crippen molar-refractivity contribution in [2.45, 2.75) is 19.0 Å². The molecule has 0 spiro atoms. The van der Waals surface area contributed by atoms with E-state index in [1.54, 1.807) is 17.3 Å². The highest BCUT2D eigenvalue weighted by Crippen LogP contribution is 2.34. The van der Waals surface area contributed by atoms with Crippen molar-refractivity contribution in [2.75, 3.05) is 38.0 Å². The maximum absolute atomic E-state index is 13.0. The van der Waals surface area contributed by atoms with E-state index in [-0.39, 0.29) is 18.1 Å². The molecule has 1 saturated heterocycles. The van der Waals surface area contributed by atoms with Crippen LogP contribution in [0.3, 0.4) is 0 Å². The Labute approximate surface area is 172 Å². The summed E-state index contributed by atoms with van der Waals surface area (Å²) in [6.07, 6.45) is -0.108. The standard InChI is InChI=1S/C21H23F3N4O2/c22-21(23,24)17-5-1-2-6-18(17)26-19(29)15-27-10-12-28(13-11-27)20(30)8-7-16-4-3-9-25-14-16/h1-6,9,14H,7-8,10-13,15H2,(H,26,29). The number of anilines is 1. The lowest BCUT2D eigenvalue weighted by Crippen LogP contribution is -2.50. The number of hydrogen-bond acceptors (Lipinski definition) is 4. The minimum Gasteiger partial charge on any atom is -0.340 e. The Bertz CT molecular complexity index is 866. The maximum Gasteiger partial charge on any atom is 0.418 e. The summed E-state index contributed by atoms with van der Waals surface area (Å²) in [7, 11) is 0. The molecule has 1 aromatic heterocycles. The molecular formula is C21H23F3N4O2. The van der Waals surface area contributed by atoms with E-state index in [0.717, 1.165) is 11.6 Å². The van der Waals surface area contributed by atoms with Crippen molar-refractivity contribution in [3.63, 3.8) is 0 Å². The number of pyridine rings is 1. The van der Waals surface area contributed by atoms with Crippen molar-refractivity contribution >= 4 is 17.5 Å². The Morgan fingerprint density at radius 3 is 2.43 bits per heavy atom. The van der Waals surface area contributed by atoms with Gasteiger partial charge < -0.3 is 10.2 Å². The summed E-state index contributed by atoms with van der Waals surface area (Å²) in [5.74, 6) is -0.467. The normalized spacial score (nSPS) is 15.1. The highest BCUT2D eigenvalue weighted by molar-refractivity contribution is 5.93. The van der Waals surface area contributed by atoms with Crippen LogP contribution in [0.4, 0.5) is 18.9 Å². The molecule has 30 heavy (non-hydrogen) atoms. The second-order valence-corrected chi connectivity index (χ2v) is 7.11. The van der Waals surface area contributed by atoms with Crippen molar-refractivity contribution in [1.29, 1.82) is 0 Å². The van der Waals surface area contributed by atoms with E-state index in [9.17, 15) is 22.8 Å². The van der Waals surface area contributed by atoms with Gasteiger partial charge in [-0.15, -0.1) is 0 Å². The fraction of sp³-hybridized carbons (Fsp3) is 0.381. The van der Waals surface area contributed by atoms with Crippen LogP contribution in [-0.4, -0.2) is 59.3 Å². The van der Waals surface area contributed by atoms with Gasteiger partial charge in [0.1, 0.15) is 0 Å². The van der Waals surface area contributed by atoms with Crippen molar-refractivity contribution in [2.24, 2.45) is 0 Å². The number of aromatic nitrogens is 1. The van der Waals surface area contributed by atoms with Crippen molar-refractivity contribution < 1.29 is 22.8 Å². The van der Waals surface area contributed by atoms with Gasteiger partial charge in [0.15, 0.2) is 0 Å². The van der Waals surface area contributed by atoms with Crippen LogP contribution in [0.15, 0.2) is 48.8 Å². The fourth-order valence-corrected chi connectivity index (χ4v) is 3.34. The van der Waals surface area contributed by atoms with Gasteiger partial charge in [-0.25, -0.2) is 0 Å². The molecule has 0 bridgehead atoms. The van der Waals surface area contributed by atoms with Crippen LogP contribution in [0.5, 0.6) is 0 Å². The van der Waals surface area contributed by atoms with Gasteiger partial charge in [0.2, 0.25) is 11.8 Å². The predicted octanol–water partition coefficient (Wildman–Crippen LogP) is 2.82. The molecule has 0 atom stereocenters. The smallest absolute Gasteiger partial charge is 0.340 e. The Morgan fingerprint density at radius 2 is 1.77 bits per heavy atom. The number of hydrogen-bond donors (Lipinski definition) is 1. The van der Waals surface area contributed by atoms with Gasteiger partial charge in [-0.05, 0) is 30.2 Å². The van der Waals surface area contributed by atoms with Gasteiger partial charge in [-0.2, -0.15) is 13.2 Å². The second kappa shape index (κ2) is 9.71. The van der Waals surface area contributed by atoms with Crippen LogP contribution in [0.25, 0.3) is 0 Å². The maximum atomic E-state index is 13.0. The van der Waals surface area contributed by atoms with Crippen LogP contribution in [0.1, 0.15) is 17.5 Å². The van der Waals surface area contributed by atoms with E-state index >= 15 is 0 Å². The third-order valence-corrected chi connectivity index (χ3v) is 4.95. The third-order valence-electron chi connectivity index (χ3n) is 4.95. The SMILES string of the molecule is O=C(CN1CCN(C(=O)CCc2cccnc2)CC1)Nc1ccccc1C(F)(F)F. The lowest BCUT2D eigenvalue weighted by atomic mass is 10.1. The summed E-state index contributed by atoms with van der Waals surface area (Å²) in [4.78, 5) is 32.2. The van der Waals surface area contributed by atoms with Gasteiger partial charge in [0.05, 0.1) is 17.8 Å². The van der Waals surface area contributed by atoms with Gasteiger partial charge in [-0.1, -0.05) is 18.2 Å². The molecule has 0 aliphatic carbocycles. The molecule has 6 nitrogen and oxygen atoms in total. The molecule has 0 saturated carbocycles. The number of nitrogens with zero attached hydrogens (tertiary/aromatic N) is 3. The van der Waals surface area contributed by atoms with Crippen LogP contribution in [0, 0.1) is 0 Å². The number of piperazine rings is 1. The van der Waals surface area contributed by atoms with Gasteiger partial charge in [0, 0.05) is 45.0 Å². The Balaban J connectivity index is 1.44. The first-order valence-corrected chi connectivity index (χ1v) is 9.68. The van der Waals surface area contributed by atoms with Gasteiger partial charge in [0.25, 0.3) is 0 Å².